The van der Waals surface area contributed by atoms with E-state index in [1.54, 1.807) is 24.3 Å². The number of H-pyrrole nitrogens is 1. The number of carboxylic acids is 1. The number of rotatable bonds is 13. The molecule has 1 aromatic carbocycles. The minimum absolute atomic E-state index is 0.108. The van der Waals surface area contributed by atoms with Gasteiger partial charge in [0.2, 0.25) is 17.7 Å². The van der Waals surface area contributed by atoms with Crippen LogP contribution in [-0.4, -0.2) is 85.9 Å². The second kappa shape index (κ2) is 13.2. The van der Waals surface area contributed by atoms with Crippen molar-refractivity contribution in [2.75, 3.05) is 6.61 Å². The third-order valence-corrected chi connectivity index (χ3v) is 5.11. The molecular weight excluding hydrogens is 460 g/mol. The zero-order chi connectivity index (χ0) is 26.0. The van der Waals surface area contributed by atoms with Gasteiger partial charge in [0.15, 0.2) is 0 Å². The summed E-state index contributed by atoms with van der Waals surface area (Å²) in [7, 11) is 0. The molecule has 190 valence electrons. The van der Waals surface area contributed by atoms with Gasteiger partial charge in [-0.2, -0.15) is 0 Å². The van der Waals surface area contributed by atoms with Gasteiger partial charge in [0.1, 0.15) is 18.1 Å². The molecule has 5 atom stereocenters. The van der Waals surface area contributed by atoms with Gasteiger partial charge in [-0.1, -0.05) is 30.3 Å². The Morgan fingerprint density at radius 2 is 1.66 bits per heavy atom. The molecule has 0 aliphatic heterocycles. The molecule has 3 amide bonds. The van der Waals surface area contributed by atoms with E-state index >= 15 is 0 Å². The molecule has 2 aromatic rings. The van der Waals surface area contributed by atoms with Crippen molar-refractivity contribution in [1.82, 2.24) is 25.9 Å². The summed E-state index contributed by atoms with van der Waals surface area (Å²) in [5, 5.41) is 35.3. The van der Waals surface area contributed by atoms with Crippen LogP contribution in [0.25, 0.3) is 0 Å². The number of imidazole rings is 1. The molecule has 2 rings (SSSR count). The van der Waals surface area contributed by atoms with Crippen LogP contribution in [0.3, 0.4) is 0 Å². The smallest absolute Gasteiger partial charge is 0.328 e. The van der Waals surface area contributed by atoms with E-state index in [-0.39, 0.29) is 12.8 Å². The Balaban J connectivity index is 2.11. The van der Waals surface area contributed by atoms with Crippen molar-refractivity contribution in [3.05, 3.63) is 54.1 Å². The van der Waals surface area contributed by atoms with Crippen molar-refractivity contribution in [3.63, 3.8) is 0 Å². The van der Waals surface area contributed by atoms with Crippen LogP contribution >= 0.6 is 0 Å². The van der Waals surface area contributed by atoms with E-state index in [2.05, 4.69) is 25.9 Å². The second-order valence-electron chi connectivity index (χ2n) is 7.95. The SMILES string of the molecule is CC(O)C(NC(=O)C(N)Cc1ccccc1)C(=O)NC(Cc1cnc[nH]1)C(=O)NC(CO)C(=O)O. The average molecular weight is 491 g/mol. The fourth-order valence-electron chi connectivity index (χ4n) is 3.17. The van der Waals surface area contributed by atoms with Gasteiger partial charge in [-0.15, -0.1) is 0 Å². The lowest BCUT2D eigenvalue weighted by Gasteiger charge is -2.26. The molecule has 9 N–H and O–H groups in total. The van der Waals surface area contributed by atoms with E-state index in [0.717, 1.165) is 5.56 Å². The topological polar surface area (TPSA) is 220 Å². The molecule has 1 aromatic heterocycles. The van der Waals surface area contributed by atoms with Gasteiger partial charge in [-0.05, 0) is 18.9 Å². The standard InChI is InChI=1S/C22H30N6O7/c1-12(30)18(28-19(31)15(23)7-13-5-3-2-4-6-13)21(33)26-16(8-14-9-24-11-25-14)20(32)27-17(10-29)22(34)35/h2-6,9,11-12,15-18,29-30H,7-8,10,23H2,1H3,(H,24,25)(H,26,33)(H,27,32)(H,28,31)(H,34,35). The Labute approximate surface area is 201 Å². The summed E-state index contributed by atoms with van der Waals surface area (Å²) >= 11 is 0. The maximum absolute atomic E-state index is 12.9. The van der Waals surface area contributed by atoms with Crippen molar-refractivity contribution in [3.8, 4) is 0 Å². The normalized spacial score (nSPS) is 15.2. The van der Waals surface area contributed by atoms with Crippen molar-refractivity contribution < 1.29 is 34.5 Å². The Morgan fingerprint density at radius 3 is 2.20 bits per heavy atom. The Kier molecular flexibility index (Phi) is 10.3. The molecule has 0 saturated carbocycles. The fraction of sp³-hybridized carbons (Fsp3) is 0.409. The summed E-state index contributed by atoms with van der Waals surface area (Å²) in [5.74, 6) is -3.94. The van der Waals surface area contributed by atoms with Gasteiger partial charge in [-0.3, -0.25) is 14.4 Å². The fourth-order valence-corrected chi connectivity index (χ4v) is 3.17. The van der Waals surface area contributed by atoms with Crippen LogP contribution in [-0.2, 0) is 32.0 Å². The molecule has 0 aliphatic rings. The van der Waals surface area contributed by atoms with Crippen molar-refractivity contribution in [2.45, 2.75) is 50.0 Å². The molecule has 0 spiro atoms. The first-order valence-corrected chi connectivity index (χ1v) is 10.8. The number of carboxylic acid groups (broad SMARTS) is 1. The Bertz CT molecular complexity index is 983. The number of hydrogen-bond acceptors (Lipinski definition) is 8. The van der Waals surface area contributed by atoms with Crippen molar-refractivity contribution >= 4 is 23.7 Å². The van der Waals surface area contributed by atoms with Gasteiger partial charge in [0, 0.05) is 18.3 Å². The number of hydrogen-bond donors (Lipinski definition) is 8. The number of nitrogens with zero attached hydrogens (tertiary/aromatic N) is 1. The highest BCUT2D eigenvalue weighted by atomic mass is 16.4. The summed E-state index contributed by atoms with van der Waals surface area (Å²) in [6.07, 6.45) is 1.51. The number of aromatic amines is 1. The molecule has 13 nitrogen and oxygen atoms in total. The molecule has 0 saturated heterocycles. The van der Waals surface area contributed by atoms with Gasteiger partial charge < -0.3 is 42.0 Å². The van der Waals surface area contributed by atoms with E-state index in [1.165, 1.54) is 19.4 Å². The number of aliphatic carboxylic acids is 1. The minimum atomic E-state index is -1.59. The van der Waals surface area contributed by atoms with Gasteiger partial charge >= 0.3 is 5.97 Å². The number of aromatic nitrogens is 2. The quantitative estimate of drug-likeness (QED) is 0.148. The first-order valence-electron chi connectivity index (χ1n) is 10.8. The molecule has 0 bridgehead atoms. The maximum Gasteiger partial charge on any atom is 0.328 e. The van der Waals surface area contributed by atoms with E-state index in [0.29, 0.717) is 5.69 Å². The highest BCUT2D eigenvalue weighted by Gasteiger charge is 2.32. The molecular formula is C22H30N6O7. The Hall–Kier alpha value is -3.81. The molecule has 0 fully saturated rings. The zero-order valence-electron chi connectivity index (χ0n) is 19.0. The highest BCUT2D eigenvalue weighted by molar-refractivity contribution is 5.94. The van der Waals surface area contributed by atoms with E-state index in [9.17, 15) is 29.4 Å². The largest absolute Gasteiger partial charge is 0.480 e. The highest BCUT2D eigenvalue weighted by Crippen LogP contribution is 2.05. The van der Waals surface area contributed by atoms with Crippen LogP contribution in [0.2, 0.25) is 0 Å². The predicted molar refractivity (Wildman–Crippen MR) is 123 cm³/mol. The van der Waals surface area contributed by atoms with Crippen LogP contribution in [0.15, 0.2) is 42.9 Å². The molecule has 5 unspecified atom stereocenters. The minimum Gasteiger partial charge on any atom is -0.480 e. The molecule has 35 heavy (non-hydrogen) atoms. The molecule has 1 heterocycles. The second-order valence-corrected chi connectivity index (χ2v) is 7.95. The number of amides is 3. The summed E-state index contributed by atoms with van der Waals surface area (Å²) in [6.45, 7) is 0.418. The lowest BCUT2D eigenvalue weighted by Crippen LogP contribution is -2.60. The number of nitrogens with one attached hydrogen (secondary N) is 4. The molecule has 0 aliphatic carbocycles. The molecule has 0 radical (unpaired) electrons. The Morgan fingerprint density at radius 1 is 1.00 bits per heavy atom. The maximum atomic E-state index is 12.9. The van der Waals surface area contributed by atoms with E-state index in [4.69, 9.17) is 10.8 Å². The number of aliphatic hydroxyl groups is 2. The number of benzene rings is 1. The van der Waals surface area contributed by atoms with Crippen LogP contribution in [0.4, 0.5) is 0 Å². The number of carbonyl (C=O) groups excluding carboxylic acids is 3. The van der Waals surface area contributed by atoms with Crippen LogP contribution in [0.5, 0.6) is 0 Å². The first-order chi connectivity index (χ1) is 16.6. The van der Waals surface area contributed by atoms with Gasteiger partial charge in [0.25, 0.3) is 0 Å². The first kappa shape index (κ1) is 27.4. The number of aliphatic hydroxyl groups excluding tert-OH is 2. The summed E-state index contributed by atoms with van der Waals surface area (Å²) < 4.78 is 0. The number of carbonyl (C=O) groups is 4. The summed E-state index contributed by atoms with van der Waals surface area (Å²) in [4.78, 5) is 56.0. The van der Waals surface area contributed by atoms with Crippen molar-refractivity contribution in [2.24, 2.45) is 5.73 Å². The van der Waals surface area contributed by atoms with E-state index in [1.807, 2.05) is 6.07 Å². The monoisotopic (exact) mass is 490 g/mol. The summed E-state index contributed by atoms with van der Waals surface area (Å²) in [5.41, 5.74) is 7.21. The van der Waals surface area contributed by atoms with Crippen molar-refractivity contribution in [1.29, 1.82) is 0 Å². The zero-order valence-corrected chi connectivity index (χ0v) is 19.0. The third kappa shape index (κ3) is 8.48. The van der Waals surface area contributed by atoms with Gasteiger partial charge in [0.05, 0.1) is 25.1 Å². The predicted octanol–water partition coefficient (Wildman–Crippen LogP) is -2.57. The number of nitrogens with two attached hydrogens (primary N) is 1. The van der Waals surface area contributed by atoms with Crippen LogP contribution < -0.4 is 21.7 Å². The lowest BCUT2D eigenvalue weighted by molar-refractivity contribution is -0.143. The van der Waals surface area contributed by atoms with Crippen LogP contribution in [0, 0.1) is 0 Å². The lowest BCUT2D eigenvalue weighted by atomic mass is 10.0. The third-order valence-electron chi connectivity index (χ3n) is 5.11. The van der Waals surface area contributed by atoms with Gasteiger partial charge in [-0.25, -0.2) is 9.78 Å². The van der Waals surface area contributed by atoms with Crippen LogP contribution in [0.1, 0.15) is 18.2 Å². The molecule has 13 heteroatoms. The average Bonchev–Trinajstić information content (AvgIpc) is 3.33. The summed E-state index contributed by atoms with van der Waals surface area (Å²) in [6, 6.07) is 3.64. The van der Waals surface area contributed by atoms with E-state index < -0.39 is 60.6 Å².